The fourth-order valence-corrected chi connectivity index (χ4v) is 2.94. The maximum Gasteiger partial charge on any atom is 0.159 e. The number of carbonyl (C=O) groups is 1. The molecule has 0 amide bonds. The van der Waals surface area contributed by atoms with Crippen molar-refractivity contribution in [3.05, 3.63) is 29.8 Å². The zero-order chi connectivity index (χ0) is 16.7. The monoisotopic (exact) mass is 322 g/mol. The summed E-state index contributed by atoms with van der Waals surface area (Å²) in [5.41, 5.74) is 0.669. The molecule has 128 valence electrons. The lowest BCUT2D eigenvalue weighted by atomic mass is 10.1. The smallest absolute Gasteiger partial charge is 0.159 e. The van der Waals surface area contributed by atoms with Crippen LogP contribution in [0.15, 0.2) is 24.3 Å². The highest BCUT2D eigenvalue weighted by Crippen LogP contribution is 2.13. The molecule has 1 aromatic rings. The first kappa shape index (κ1) is 17.9. The normalized spacial score (nSPS) is 24.4. The highest BCUT2D eigenvalue weighted by atomic mass is 16.5. The highest BCUT2D eigenvalue weighted by molar-refractivity contribution is 5.94. The second-order valence-corrected chi connectivity index (χ2v) is 6.21. The first-order chi connectivity index (χ1) is 11.0. The van der Waals surface area contributed by atoms with Gasteiger partial charge in [0.15, 0.2) is 5.78 Å². The van der Waals surface area contributed by atoms with E-state index in [2.05, 4.69) is 13.8 Å². The maximum absolute atomic E-state index is 11.3. The fourth-order valence-electron chi connectivity index (χ4n) is 2.94. The van der Waals surface area contributed by atoms with Crippen LogP contribution in [0.3, 0.4) is 0 Å². The van der Waals surface area contributed by atoms with Gasteiger partial charge in [0.1, 0.15) is 44.2 Å². The molecule has 1 N–H and O–H groups in total. The van der Waals surface area contributed by atoms with E-state index in [4.69, 9.17) is 14.2 Å². The molecule has 1 heterocycles. The van der Waals surface area contributed by atoms with Gasteiger partial charge in [-0.1, -0.05) is 12.1 Å². The molecule has 0 aliphatic carbocycles. The molecule has 23 heavy (non-hydrogen) atoms. The lowest BCUT2D eigenvalue weighted by Crippen LogP contribution is -3.15. The molecule has 1 fully saturated rings. The SMILES string of the molecule is CC(=O)c1cccc(OCCOCC[NH+]2C[C@H](C)O[C@@H](C)C2)c1. The van der Waals surface area contributed by atoms with Crippen molar-refractivity contribution in [1.82, 2.24) is 0 Å². The Labute approximate surface area is 138 Å². The van der Waals surface area contributed by atoms with E-state index >= 15 is 0 Å². The fraction of sp³-hybridized carbons (Fsp3) is 0.611. The predicted molar refractivity (Wildman–Crippen MR) is 88.3 cm³/mol. The van der Waals surface area contributed by atoms with Crippen molar-refractivity contribution in [2.75, 3.05) is 39.5 Å². The summed E-state index contributed by atoms with van der Waals surface area (Å²) in [6, 6.07) is 7.24. The zero-order valence-corrected chi connectivity index (χ0v) is 14.3. The number of nitrogens with one attached hydrogen (secondary N) is 1. The van der Waals surface area contributed by atoms with Crippen molar-refractivity contribution >= 4 is 5.78 Å². The van der Waals surface area contributed by atoms with Gasteiger partial charge in [-0.05, 0) is 32.9 Å². The molecule has 0 radical (unpaired) electrons. The van der Waals surface area contributed by atoms with Crippen LogP contribution in [-0.2, 0) is 9.47 Å². The quantitative estimate of drug-likeness (QED) is 0.572. The number of ketones is 1. The molecule has 0 spiro atoms. The van der Waals surface area contributed by atoms with Gasteiger partial charge >= 0.3 is 0 Å². The van der Waals surface area contributed by atoms with Gasteiger partial charge in [0.25, 0.3) is 0 Å². The van der Waals surface area contributed by atoms with Crippen LogP contribution in [0, 0.1) is 0 Å². The van der Waals surface area contributed by atoms with Crippen LogP contribution in [0.2, 0.25) is 0 Å². The van der Waals surface area contributed by atoms with Crippen molar-refractivity contribution < 1.29 is 23.9 Å². The van der Waals surface area contributed by atoms with Crippen LogP contribution in [0.4, 0.5) is 0 Å². The molecule has 1 aliphatic rings. The van der Waals surface area contributed by atoms with Gasteiger partial charge in [-0.15, -0.1) is 0 Å². The molecule has 0 bridgehead atoms. The van der Waals surface area contributed by atoms with Crippen molar-refractivity contribution in [3.63, 3.8) is 0 Å². The van der Waals surface area contributed by atoms with E-state index in [0.29, 0.717) is 36.7 Å². The number of morpholine rings is 1. The number of ether oxygens (including phenoxy) is 3. The number of hydrogen-bond acceptors (Lipinski definition) is 4. The lowest BCUT2D eigenvalue weighted by Gasteiger charge is -2.32. The summed E-state index contributed by atoms with van der Waals surface area (Å²) in [6.07, 6.45) is 0.649. The molecule has 5 nitrogen and oxygen atoms in total. The van der Waals surface area contributed by atoms with Gasteiger partial charge < -0.3 is 19.1 Å². The number of hydrogen-bond donors (Lipinski definition) is 1. The van der Waals surface area contributed by atoms with E-state index in [-0.39, 0.29) is 5.78 Å². The lowest BCUT2D eigenvalue weighted by molar-refractivity contribution is -0.915. The summed E-state index contributed by atoms with van der Waals surface area (Å²) in [6.45, 7) is 10.7. The summed E-state index contributed by atoms with van der Waals surface area (Å²) < 4.78 is 17.0. The third-order valence-electron chi connectivity index (χ3n) is 3.95. The molecular formula is C18H28NO4+. The van der Waals surface area contributed by atoms with Crippen molar-refractivity contribution in [2.45, 2.75) is 33.0 Å². The zero-order valence-electron chi connectivity index (χ0n) is 14.3. The summed E-state index contributed by atoms with van der Waals surface area (Å²) in [4.78, 5) is 12.9. The van der Waals surface area contributed by atoms with E-state index in [0.717, 1.165) is 26.2 Å². The molecule has 2 atom stereocenters. The second kappa shape index (κ2) is 9.01. The Morgan fingerprint density at radius 3 is 2.65 bits per heavy atom. The van der Waals surface area contributed by atoms with E-state index in [9.17, 15) is 4.79 Å². The third-order valence-corrected chi connectivity index (χ3v) is 3.95. The minimum absolute atomic E-state index is 0.0450. The Bertz CT molecular complexity index is 496. The van der Waals surface area contributed by atoms with Crippen molar-refractivity contribution in [1.29, 1.82) is 0 Å². The third kappa shape index (κ3) is 6.29. The predicted octanol–water partition coefficient (Wildman–Crippen LogP) is 0.977. The average Bonchev–Trinajstić information content (AvgIpc) is 2.50. The van der Waals surface area contributed by atoms with Crippen LogP contribution in [0.25, 0.3) is 0 Å². The Morgan fingerprint density at radius 2 is 1.96 bits per heavy atom. The minimum atomic E-state index is 0.0450. The topological polar surface area (TPSA) is 49.2 Å². The minimum Gasteiger partial charge on any atom is -0.491 e. The Balaban J connectivity index is 1.59. The Kier molecular flexibility index (Phi) is 7.02. The molecule has 1 saturated heterocycles. The van der Waals surface area contributed by atoms with Crippen molar-refractivity contribution in [3.8, 4) is 5.75 Å². The van der Waals surface area contributed by atoms with Crippen LogP contribution >= 0.6 is 0 Å². The summed E-state index contributed by atoms with van der Waals surface area (Å²) in [7, 11) is 0. The number of benzene rings is 1. The van der Waals surface area contributed by atoms with E-state index < -0.39 is 0 Å². The number of carbonyl (C=O) groups excluding carboxylic acids is 1. The standard InChI is InChI=1S/C18H27NO4/c1-14-12-19(13-15(2)23-14)7-8-21-9-10-22-18-6-4-5-17(11-18)16(3)20/h4-6,11,14-15H,7-10,12-13H2,1-3H3/p+1/t14-,15-/m0/s1. The van der Waals surface area contributed by atoms with Gasteiger partial charge in [-0.25, -0.2) is 0 Å². The number of Topliss-reactive ketones (excluding diaryl/α,β-unsaturated/α-hetero) is 1. The van der Waals surface area contributed by atoms with Crippen LogP contribution < -0.4 is 9.64 Å². The Hall–Kier alpha value is -1.43. The van der Waals surface area contributed by atoms with Crippen molar-refractivity contribution in [2.24, 2.45) is 0 Å². The molecule has 0 aromatic heterocycles. The largest absolute Gasteiger partial charge is 0.491 e. The van der Waals surface area contributed by atoms with E-state index in [1.54, 1.807) is 19.1 Å². The van der Waals surface area contributed by atoms with Gasteiger partial charge in [-0.2, -0.15) is 0 Å². The Morgan fingerprint density at radius 1 is 1.22 bits per heavy atom. The molecule has 2 rings (SSSR count). The molecular weight excluding hydrogens is 294 g/mol. The number of quaternary nitrogens is 1. The van der Waals surface area contributed by atoms with Gasteiger partial charge in [0.2, 0.25) is 0 Å². The molecule has 1 aromatic carbocycles. The molecule has 1 aliphatic heterocycles. The first-order valence-electron chi connectivity index (χ1n) is 8.35. The maximum atomic E-state index is 11.3. The van der Waals surface area contributed by atoms with Gasteiger partial charge in [-0.3, -0.25) is 4.79 Å². The number of rotatable bonds is 8. The van der Waals surface area contributed by atoms with E-state index in [1.807, 2.05) is 12.1 Å². The highest BCUT2D eigenvalue weighted by Gasteiger charge is 2.24. The second-order valence-electron chi connectivity index (χ2n) is 6.21. The molecule has 0 unspecified atom stereocenters. The summed E-state index contributed by atoms with van der Waals surface area (Å²) in [5.74, 6) is 0.756. The van der Waals surface area contributed by atoms with Crippen LogP contribution in [0.5, 0.6) is 5.75 Å². The van der Waals surface area contributed by atoms with Crippen LogP contribution in [-0.4, -0.2) is 57.4 Å². The van der Waals surface area contributed by atoms with Gasteiger partial charge in [0.05, 0.1) is 13.2 Å². The van der Waals surface area contributed by atoms with E-state index in [1.165, 1.54) is 4.90 Å². The van der Waals surface area contributed by atoms with Gasteiger partial charge in [0, 0.05) is 5.56 Å². The first-order valence-corrected chi connectivity index (χ1v) is 8.35. The molecule has 5 heteroatoms. The molecule has 0 saturated carbocycles. The van der Waals surface area contributed by atoms with Crippen LogP contribution in [0.1, 0.15) is 31.1 Å². The average molecular weight is 322 g/mol. The summed E-state index contributed by atoms with van der Waals surface area (Å²) >= 11 is 0. The summed E-state index contributed by atoms with van der Waals surface area (Å²) in [5, 5.41) is 0.